The van der Waals surface area contributed by atoms with E-state index in [9.17, 15) is 5.21 Å². The first-order valence-corrected chi connectivity index (χ1v) is 13.2. The third-order valence-corrected chi connectivity index (χ3v) is 10.6. The molecule has 4 aliphatic carbocycles. The van der Waals surface area contributed by atoms with Crippen LogP contribution >= 0.6 is 0 Å². The lowest BCUT2D eigenvalue weighted by molar-refractivity contribution is -0.754. The standard InChI is InChI=1S/C28H48NO/c1-19(2)8-7-9-20(3)24-12-13-25-23-11-10-21-18-22(29(6)30)14-16-27(21,4)26(23)15-17-28(24,25)5/h18-20,23-26,30H,7-17H2,1-6H3/q+1/b29-22+/t20-,23+,24-,25+,26+,27+,28-/m1/s1. The summed E-state index contributed by atoms with van der Waals surface area (Å²) < 4.78 is 1.36. The highest BCUT2D eigenvalue weighted by Crippen LogP contribution is 2.67. The van der Waals surface area contributed by atoms with E-state index in [-0.39, 0.29) is 0 Å². The molecule has 0 amide bonds. The maximum Gasteiger partial charge on any atom is 0.226 e. The lowest BCUT2D eigenvalue weighted by Crippen LogP contribution is -2.51. The van der Waals surface area contributed by atoms with Gasteiger partial charge in [0.1, 0.15) is 0 Å². The second-order valence-electron chi connectivity index (χ2n) is 12.5. The van der Waals surface area contributed by atoms with Crippen LogP contribution in [0.3, 0.4) is 0 Å². The number of hydroxylamine groups is 1. The summed E-state index contributed by atoms with van der Waals surface area (Å²) in [6.07, 6.45) is 17.4. The van der Waals surface area contributed by atoms with Crippen molar-refractivity contribution in [2.75, 3.05) is 7.05 Å². The maximum atomic E-state index is 9.97. The molecule has 0 saturated heterocycles. The molecule has 0 aliphatic heterocycles. The van der Waals surface area contributed by atoms with Gasteiger partial charge in [0.15, 0.2) is 7.05 Å². The molecule has 30 heavy (non-hydrogen) atoms. The first-order valence-electron chi connectivity index (χ1n) is 13.2. The topological polar surface area (TPSA) is 23.2 Å². The van der Waals surface area contributed by atoms with Crippen LogP contribution in [0, 0.1) is 46.3 Å². The summed E-state index contributed by atoms with van der Waals surface area (Å²) in [7, 11) is 1.79. The van der Waals surface area contributed by atoms with Gasteiger partial charge in [-0.1, -0.05) is 59.5 Å². The van der Waals surface area contributed by atoms with Gasteiger partial charge in [0, 0.05) is 12.5 Å². The lowest BCUT2D eigenvalue weighted by atomic mass is 9.46. The molecule has 4 rings (SSSR count). The van der Waals surface area contributed by atoms with Crippen molar-refractivity contribution in [2.45, 2.75) is 105 Å². The highest BCUT2D eigenvalue weighted by molar-refractivity contribution is 5.92. The monoisotopic (exact) mass is 414 g/mol. The van der Waals surface area contributed by atoms with Gasteiger partial charge in [0.2, 0.25) is 5.71 Å². The number of hydrogen-bond donors (Lipinski definition) is 1. The fraction of sp³-hybridized carbons (Fsp3) is 0.893. The minimum Gasteiger partial charge on any atom is -0.291 e. The van der Waals surface area contributed by atoms with E-state index < -0.39 is 0 Å². The first kappa shape index (κ1) is 22.4. The van der Waals surface area contributed by atoms with Crippen LogP contribution in [0.25, 0.3) is 0 Å². The van der Waals surface area contributed by atoms with Gasteiger partial charge in [-0.05, 0) is 96.0 Å². The van der Waals surface area contributed by atoms with Crippen LogP contribution in [0.5, 0.6) is 0 Å². The zero-order valence-corrected chi connectivity index (χ0v) is 20.7. The fourth-order valence-electron chi connectivity index (χ4n) is 8.85. The molecule has 3 saturated carbocycles. The third kappa shape index (κ3) is 3.69. The molecule has 4 aliphatic rings. The number of hydrogen-bond acceptors (Lipinski definition) is 1. The molecule has 7 atom stereocenters. The average molecular weight is 415 g/mol. The minimum atomic E-state index is 0.380. The van der Waals surface area contributed by atoms with Crippen LogP contribution < -0.4 is 0 Å². The summed E-state index contributed by atoms with van der Waals surface area (Å²) in [6.45, 7) is 12.6. The smallest absolute Gasteiger partial charge is 0.226 e. The molecule has 0 unspecified atom stereocenters. The number of fused-ring (bicyclic) bond motifs is 5. The summed E-state index contributed by atoms with van der Waals surface area (Å²) in [4.78, 5) is 0. The Morgan fingerprint density at radius 1 is 1.00 bits per heavy atom. The van der Waals surface area contributed by atoms with E-state index in [0.717, 1.165) is 47.6 Å². The second-order valence-corrected chi connectivity index (χ2v) is 12.5. The Morgan fingerprint density at radius 2 is 1.77 bits per heavy atom. The summed E-state index contributed by atoms with van der Waals surface area (Å²) >= 11 is 0. The van der Waals surface area contributed by atoms with E-state index in [1.807, 2.05) is 0 Å². The lowest BCUT2D eigenvalue weighted by Gasteiger charge is -2.58. The zero-order chi connectivity index (χ0) is 21.7. The van der Waals surface area contributed by atoms with Crippen LogP contribution in [-0.4, -0.2) is 22.7 Å². The zero-order valence-electron chi connectivity index (χ0n) is 20.7. The van der Waals surface area contributed by atoms with Crippen molar-refractivity contribution in [3.63, 3.8) is 0 Å². The van der Waals surface area contributed by atoms with Gasteiger partial charge < -0.3 is 0 Å². The SMILES string of the molecule is CC(C)CCC[C@@H](C)[C@H]1CC[C@H]2[C@@H]3CCC4=C/C(=[N+](\C)O)CC[C@]4(C)[C@H]3CC[C@]12C. The van der Waals surface area contributed by atoms with Crippen molar-refractivity contribution in [3.05, 3.63) is 11.6 Å². The largest absolute Gasteiger partial charge is 0.291 e. The van der Waals surface area contributed by atoms with E-state index in [1.165, 1.54) is 68.9 Å². The average Bonchev–Trinajstić information content (AvgIpc) is 3.04. The molecule has 2 heteroatoms. The van der Waals surface area contributed by atoms with Crippen molar-refractivity contribution < 1.29 is 9.95 Å². The summed E-state index contributed by atoms with van der Waals surface area (Å²) in [5, 5.41) is 9.97. The number of allylic oxidation sites excluding steroid dienone is 2. The van der Waals surface area contributed by atoms with E-state index in [4.69, 9.17) is 0 Å². The molecule has 170 valence electrons. The Balaban J connectivity index is 1.50. The van der Waals surface area contributed by atoms with Gasteiger partial charge in [-0.2, -0.15) is 0 Å². The Hall–Kier alpha value is -0.790. The fourth-order valence-corrected chi connectivity index (χ4v) is 8.85. The molecule has 2 nitrogen and oxygen atoms in total. The molecular weight excluding hydrogens is 366 g/mol. The molecule has 0 aromatic carbocycles. The van der Waals surface area contributed by atoms with Crippen LogP contribution in [0.2, 0.25) is 0 Å². The van der Waals surface area contributed by atoms with Gasteiger partial charge in [0.25, 0.3) is 0 Å². The molecule has 0 spiro atoms. The van der Waals surface area contributed by atoms with Crippen LogP contribution in [0.1, 0.15) is 105 Å². The highest BCUT2D eigenvalue weighted by Gasteiger charge is 2.59. The third-order valence-electron chi connectivity index (χ3n) is 10.6. The molecule has 1 N–H and O–H groups in total. The molecule has 0 bridgehead atoms. The van der Waals surface area contributed by atoms with E-state index in [1.54, 1.807) is 12.6 Å². The van der Waals surface area contributed by atoms with Crippen molar-refractivity contribution in [1.29, 1.82) is 0 Å². The van der Waals surface area contributed by atoms with E-state index in [2.05, 4.69) is 40.7 Å². The Kier molecular flexibility index (Phi) is 6.19. The quantitative estimate of drug-likeness (QED) is 0.281. The van der Waals surface area contributed by atoms with Gasteiger partial charge in [0.05, 0.1) is 0 Å². The predicted molar refractivity (Wildman–Crippen MR) is 126 cm³/mol. The van der Waals surface area contributed by atoms with Crippen LogP contribution in [-0.2, 0) is 0 Å². The van der Waals surface area contributed by atoms with Gasteiger partial charge in [-0.15, -0.1) is 0 Å². The summed E-state index contributed by atoms with van der Waals surface area (Å²) in [6, 6.07) is 0. The predicted octanol–water partition coefficient (Wildman–Crippen LogP) is 7.50. The Morgan fingerprint density at radius 3 is 2.47 bits per heavy atom. The summed E-state index contributed by atoms with van der Waals surface area (Å²) in [5.74, 6) is 5.47. The van der Waals surface area contributed by atoms with Crippen molar-refractivity contribution in [2.24, 2.45) is 46.3 Å². The summed E-state index contributed by atoms with van der Waals surface area (Å²) in [5.41, 5.74) is 3.74. The van der Waals surface area contributed by atoms with Crippen molar-refractivity contribution in [1.82, 2.24) is 0 Å². The van der Waals surface area contributed by atoms with Crippen LogP contribution in [0.15, 0.2) is 11.6 Å². The van der Waals surface area contributed by atoms with Gasteiger partial charge >= 0.3 is 0 Å². The van der Waals surface area contributed by atoms with Gasteiger partial charge in [-0.3, -0.25) is 5.21 Å². The van der Waals surface area contributed by atoms with Crippen molar-refractivity contribution >= 4 is 5.71 Å². The molecule has 0 aromatic rings. The van der Waals surface area contributed by atoms with E-state index in [0.29, 0.717) is 10.8 Å². The van der Waals surface area contributed by atoms with Crippen molar-refractivity contribution in [3.8, 4) is 0 Å². The van der Waals surface area contributed by atoms with E-state index >= 15 is 0 Å². The highest BCUT2D eigenvalue weighted by atomic mass is 16.5. The Bertz CT molecular complexity index is 701. The van der Waals surface area contributed by atoms with Gasteiger partial charge in [-0.25, -0.2) is 0 Å². The maximum absolute atomic E-state index is 9.97. The second kappa shape index (κ2) is 8.28. The normalized spacial score (nSPS) is 43.5. The molecule has 3 fully saturated rings. The van der Waals surface area contributed by atoms with Crippen LogP contribution in [0.4, 0.5) is 0 Å². The Labute approximate surface area is 186 Å². The first-order chi connectivity index (χ1) is 14.2. The number of nitrogens with zero attached hydrogens (tertiary/aromatic N) is 1. The number of rotatable bonds is 5. The molecular formula is C28H48NO+. The molecule has 0 radical (unpaired) electrons. The molecule has 0 heterocycles. The minimum absolute atomic E-state index is 0.380. The molecule has 0 aromatic heterocycles.